The van der Waals surface area contributed by atoms with Crippen LogP contribution in [0.25, 0.3) is 100 Å². The van der Waals surface area contributed by atoms with Crippen LogP contribution in [-0.2, 0) is 0 Å². The van der Waals surface area contributed by atoms with Gasteiger partial charge in [0.25, 0.3) is 0 Å². The van der Waals surface area contributed by atoms with Crippen molar-refractivity contribution < 1.29 is 0 Å². The zero-order valence-electron chi connectivity index (χ0n) is 30.4. The summed E-state index contributed by atoms with van der Waals surface area (Å²) < 4.78 is 0. The Balaban J connectivity index is 1.05. The lowest BCUT2D eigenvalue weighted by molar-refractivity contribution is 1.07. The summed E-state index contributed by atoms with van der Waals surface area (Å²) in [5, 5.41) is 3.54. The summed E-state index contributed by atoms with van der Waals surface area (Å²) in [6.45, 7) is 0. The highest BCUT2D eigenvalue weighted by Gasteiger charge is 2.18. The van der Waals surface area contributed by atoms with E-state index >= 15 is 0 Å². The standard InChI is InChI=1S/C52H34N4/c1-5-15-37(16-6-1)45-34-47(39-17-7-2-8-18-39)53-49-46(33-43-23-13-14-24-44(43)48(45)49)38-29-25-35(26-30-38)36-27-31-42(32-28-36)52-55-50(40-19-9-3-10-20-40)54-51(56-52)41-21-11-4-12-22-41/h1-34H. The molecule has 2 heterocycles. The molecule has 0 aliphatic heterocycles. The summed E-state index contributed by atoms with van der Waals surface area (Å²) >= 11 is 0. The first kappa shape index (κ1) is 33.0. The number of fused-ring (bicyclic) bond motifs is 3. The van der Waals surface area contributed by atoms with E-state index in [2.05, 4.69) is 140 Å². The average molecular weight is 715 g/mol. The van der Waals surface area contributed by atoms with Crippen molar-refractivity contribution in [2.75, 3.05) is 0 Å². The molecule has 0 saturated heterocycles. The van der Waals surface area contributed by atoms with Gasteiger partial charge in [0.1, 0.15) is 0 Å². The predicted octanol–water partition coefficient (Wildman–Crippen LogP) is 13.2. The molecule has 0 amide bonds. The molecule has 4 heteroatoms. The summed E-state index contributed by atoms with van der Waals surface area (Å²) in [5.74, 6) is 1.94. The Labute approximate surface area is 325 Å². The quantitative estimate of drug-likeness (QED) is 0.154. The van der Waals surface area contributed by atoms with Crippen LogP contribution in [0.2, 0.25) is 0 Å². The highest BCUT2D eigenvalue weighted by molar-refractivity contribution is 6.18. The maximum atomic E-state index is 5.41. The van der Waals surface area contributed by atoms with E-state index in [0.717, 1.165) is 61.1 Å². The molecule has 0 radical (unpaired) electrons. The lowest BCUT2D eigenvalue weighted by atomic mass is 9.90. The Morgan fingerprint density at radius 2 is 0.661 bits per heavy atom. The van der Waals surface area contributed by atoms with Gasteiger partial charge in [-0.15, -0.1) is 0 Å². The van der Waals surface area contributed by atoms with E-state index in [0.29, 0.717) is 17.5 Å². The van der Waals surface area contributed by atoms with Gasteiger partial charge >= 0.3 is 0 Å². The number of aromatic nitrogens is 4. The second kappa shape index (κ2) is 14.3. The van der Waals surface area contributed by atoms with Crippen LogP contribution in [0.4, 0.5) is 0 Å². The molecule has 0 fully saturated rings. The van der Waals surface area contributed by atoms with Gasteiger partial charge in [0.15, 0.2) is 17.5 Å². The van der Waals surface area contributed by atoms with E-state index in [9.17, 15) is 0 Å². The molecule has 4 nitrogen and oxygen atoms in total. The van der Waals surface area contributed by atoms with Gasteiger partial charge in [-0.05, 0) is 50.7 Å². The van der Waals surface area contributed by atoms with Crippen molar-refractivity contribution in [2.45, 2.75) is 0 Å². The Bertz CT molecular complexity index is 2910. The van der Waals surface area contributed by atoms with E-state index in [1.807, 2.05) is 66.7 Å². The second-order valence-corrected chi connectivity index (χ2v) is 13.8. The molecule has 0 N–H and O–H groups in total. The molecule has 8 aromatic carbocycles. The Morgan fingerprint density at radius 3 is 1.20 bits per heavy atom. The van der Waals surface area contributed by atoms with Crippen LogP contribution < -0.4 is 0 Å². The third kappa shape index (κ3) is 6.29. The molecule has 0 spiro atoms. The molecule has 0 atom stereocenters. The van der Waals surface area contributed by atoms with Crippen LogP contribution in [0, 0.1) is 0 Å². The fourth-order valence-electron chi connectivity index (χ4n) is 7.50. The van der Waals surface area contributed by atoms with Crippen LogP contribution >= 0.6 is 0 Å². The molecule has 10 rings (SSSR count). The van der Waals surface area contributed by atoms with Gasteiger partial charge in [-0.1, -0.05) is 194 Å². The largest absolute Gasteiger partial charge is 0.247 e. The number of pyridine rings is 1. The van der Waals surface area contributed by atoms with Gasteiger partial charge < -0.3 is 0 Å². The lowest BCUT2D eigenvalue weighted by Gasteiger charge is -2.17. The van der Waals surface area contributed by atoms with Crippen LogP contribution in [0.5, 0.6) is 0 Å². The van der Waals surface area contributed by atoms with Crippen LogP contribution in [0.1, 0.15) is 0 Å². The minimum Gasteiger partial charge on any atom is -0.247 e. The highest BCUT2D eigenvalue weighted by atomic mass is 15.0. The second-order valence-electron chi connectivity index (χ2n) is 13.8. The minimum atomic E-state index is 0.639. The van der Waals surface area contributed by atoms with Gasteiger partial charge in [-0.2, -0.15) is 0 Å². The van der Waals surface area contributed by atoms with Crippen molar-refractivity contribution in [1.29, 1.82) is 0 Å². The van der Waals surface area contributed by atoms with Crippen molar-refractivity contribution in [3.63, 3.8) is 0 Å². The zero-order chi connectivity index (χ0) is 37.3. The zero-order valence-corrected chi connectivity index (χ0v) is 30.4. The summed E-state index contributed by atoms with van der Waals surface area (Å²) in [6, 6.07) is 71.8. The molecule has 262 valence electrons. The Morgan fingerprint density at radius 1 is 0.268 bits per heavy atom. The highest BCUT2D eigenvalue weighted by Crippen LogP contribution is 2.41. The molecule has 0 aliphatic carbocycles. The van der Waals surface area contributed by atoms with Gasteiger partial charge in [-0.25, -0.2) is 19.9 Å². The molecular formula is C52H34N4. The molecule has 0 unspecified atom stereocenters. The van der Waals surface area contributed by atoms with Crippen LogP contribution in [0.15, 0.2) is 206 Å². The summed E-state index contributed by atoms with van der Waals surface area (Å²) in [6.07, 6.45) is 0. The minimum absolute atomic E-state index is 0.639. The molecule has 0 saturated carbocycles. The molecule has 0 aliphatic rings. The van der Waals surface area contributed by atoms with Gasteiger partial charge in [0, 0.05) is 33.2 Å². The molecule has 56 heavy (non-hydrogen) atoms. The predicted molar refractivity (Wildman–Crippen MR) is 231 cm³/mol. The monoisotopic (exact) mass is 714 g/mol. The van der Waals surface area contributed by atoms with E-state index in [-0.39, 0.29) is 0 Å². The summed E-state index contributed by atoms with van der Waals surface area (Å²) in [7, 11) is 0. The maximum Gasteiger partial charge on any atom is 0.164 e. The summed E-state index contributed by atoms with van der Waals surface area (Å²) in [5.41, 5.74) is 12.7. The Kier molecular flexibility index (Phi) is 8.47. The van der Waals surface area contributed by atoms with Crippen molar-refractivity contribution in [2.24, 2.45) is 0 Å². The van der Waals surface area contributed by atoms with Gasteiger partial charge in [0.2, 0.25) is 0 Å². The first-order valence-electron chi connectivity index (χ1n) is 18.8. The molecule has 10 aromatic rings. The normalized spacial score (nSPS) is 11.2. The van der Waals surface area contributed by atoms with Gasteiger partial charge in [0.05, 0.1) is 11.2 Å². The SMILES string of the molecule is c1ccc(-c2cc(-c3ccccc3)c3c(n2)c(-c2ccc(-c4ccc(-c5nc(-c6ccccc6)nc(-c6ccccc6)n5)cc4)cc2)cc2ccccc23)cc1. The van der Waals surface area contributed by atoms with Crippen LogP contribution in [0.3, 0.4) is 0 Å². The van der Waals surface area contributed by atoms with E-state index in [1.165, 1.54) is 21.9 Å². The van der Waals surface area contributed by atoms with Crippen LogP contribution in [-0.4, -0.2) is 19.9 Å². The van der Waals surface area contributed by atoms with Gasteiger partial charge in [-0.3, -0.25) is 0 Å². The van der Waals surface area contributed by atoms with Crippen molar-refractivity contribution in [1.82, 2.24) is 19.9 Å². The van der Waals surface area contributed by atoms with E-state index in [4.69, 9.17) is 19.9 Å². The smallest absolute Gasteiger partial charge is 0.164 e. The topological polar surface area (TPSA) is 51.6 Å². The fourth-order valence-corrected chi connectivity index (χ4v) is 7.50. The number of hydrogen-bond acceptors (Lipinski definition) is 4. The maximum absolute atomic E-state index is 5.41. The average Bonchev–Trinajstić information content (AvgIpc) is 3.29. The molecule has 2 aromatic heterocycles. The summed E-state index contributed by atoms with van der Waals surface area (Å²) in [4.78, 5) is 20.1. The van der Waals surface area contributed by atoms with Crippen molar-refractivity contribution in [3.05, 3.63) is 206 Å². The third-order valence-corrected chi connectivity index (χ3v) is 10.3. The van der Waals surface area contributed by atoms with E-state index in [1.54, 1.807) is 0 Å². The fraction of sp³-hybridized carbons (Fsp3) is 0. The molecular weight excluding hydrogens is 681 g/mol. The number of rotatable bonds is 7. The van der Waals surface area contributed by atoms with E-state index < -0.39 is 0 Å². The third-order valence-electron chi connectivity index (χ3n) is 10.3. The lowest BCUT2D eigenvalue weighted by Crippen LogP contribution is -2.00. The number of nitrogens with zero attached hydrogens (tertiary/aromatic N) is 4. The molecule has 0 bridgehead atoms. The van der Waals surface area contributed by atoms with Crippen molar-refractivity contribution >= 4 is 21.7 Å². The number of benzene rings is 8. The van der Waals surface area contributed by atoms with Crippen molar-refractivity contribution in [3.8, 4) is 78.8 Å². The first-order chi connectivity index (χ1) is 27.7. The first-order valence-corrected chi connectivity index (χ1v) is 18.8. The Hall–Kier alpha value is -7.56. The number of hydrogen-bond donors (Lipinski definition) is 0.